The third-order valence-electron chi connectivity index (χ3n) is 3.34. The van der Waals surface area contributed by atoms with Crippen LogP contribution in [0.4, 0.5) is 5.69 Å². The zero-order valence-electron chi connectivity index (χ0n) is 12.3. The SMILES string of the molecule is Cc1ccc(CC(=O)Nc2ccccc2C(C)C)cc1. The van der Waals surface area contributed by atoms with Gasteiger partial charge < -0.3 is 5.32 Å². The summed E-state index contributed by atoms with van der Waals surface area (Å²) in [6.07, 6.45) is 0.409. The topological polar surface area (TPSA) is 29.1 Å². The Morgan fingerprint density at radius 1 is 1.05 bits per heavy atom. The molecule has 0 unspecified atom stereocenters. The lowest BCUT2D eigenvalue weighted by Gasteiger charge is -2.13. The van der Waals surface area contributed by atoms with Crippen LogP contribution < -0.4 is 5.32 Å². The van der Waals surface area contributed by atoms with E-state index in [0.717, 1.165) is 11.3 Å². The summed E-state index contributed by atoms with van der Waals surface area (Å²) in [5, 5.41) is 3.02. The summed E-state index contributed by atoms with van der Waals surface area (Å²) in [5.41, 5.74) is 4.33. The molecule has 2 rings (SSSR count). The number of aryl methyl sites for hydroxylation is 1. The molecule has 0 saturated carbocycles. The highest BCUT2D eigenvalue weighted by atomic mass is 16.1. The average molecular weight is 267 g/mol. The third-order valence-corrected chi connectivity index (χ3v) is 3.34. The highest BCUT2D eigenvalue weighted by Gasteiger charge is 2.09. The zero-order chi connectivity index (χ0) is 14.5. The monoisotopic (exact) mass is 267 g/mol. The summed E-state index contributed by atoms with van der Waals surface area (Å²) in [4.78, 5) is 12.1. The van der Waals surface area contributed by atoms with Crippen LogP contribution in [0.15, 0.2) is 48.5 Å². The molecule has 1 amide bonds. The third kappa shape index (κ3) is 3.70. The van der Waals surface area contributed by atoms with Crippen LogP contribution in [0.3, 0.4) is 0 Å². The van der Waals surface area contributed by atoms with Gasteiger partial charge in [0.25, 0.3) is 0 Å². The Balaban J connectivity index is 2.07. The van der Waals surface area contributed by atoms with Gasteiger partial charge in [-0.2, -0.15) is 0 Å². The van der Waals surface area contributed by atoms with Crippen molar-refractivity contribution in [1.29, 1.82) is 0 Å². The van der Waals surface area contributed by atoms with E-state index in [4.69, 9.17) is 0 Å². The summed E-state index contributed by atoms with van der Waals surface area (Å²) in [6, 6.07) is 16.1. The van der Waals surface area contributed by atoms with Gasteiger partial charge in [-0.05, 0) is 30.0 Å². The highest BCUT2D eigenvalue weighted by molar-refractivity contribution is 5.93. The van der Waals surface area contributed by atoms with E-state index in [1.807, 2.05) is 49.4 Å². The van der Waals surface area contributed by atoms with Crippen LogP contribution in [0, 0.1) is 6.92 Å². The molecule has 0 atom stereocenters. The normalized spacial score (nSPS) is 10.6. The first-order valence-electron chi connectivity index (χ1n) is 7.00. The molecule has 0 saturated heterocycles. The van der Waals surface area contributed by atoms with Crippen molar-refractivity contribution in [3.8, 4) is 0 Å². The van der Waals surface area contributed by atoms with Crippen molar-refractivity contribution in [3.05, 3.63) is 65.2 Å². The lowest BCUT2D eigenvalue weighted by Crippen LogP contribution is -2.15. The van der Waals surface area contributed by atoms with Gasteiger partial charge in [0.05, 0.1) is 6.42 Å². The molecule has 0 spiro atoms. The Morgan fingerprint density at radius 2 is 1.70 bits per heavy atom. The van der Waals surface area contributed by atoms with Crippen LogP contribution >= 0.6 is 0 Å². The maximum Gasteiger partial charge on any atom is 0.228 e. The molecule has 20 heavy (non-hydrogen) atoms. The molecule has 0 fully saturated rings. The standard InChI is InChI=1S/C18H21NO/c1-13(2)16-6-4-5-7-17(16)19-18(20)12-15-10-8-14(3)9-11-15/h4-11,13H,12H2,1-3H3,(H,19,20). The quantitative estimate of drug-likeness (QED) is 0.879. The van der Waals surface area contributed by atoms with Crippen LogP contribution in [0.5, 0.6) is 0 Å². The van der Waals surface area contributed by atoms with E-state index >= 15 is 0 Å². The molecule has 2 heteroatoms. The molecule has 104 valence electrons. The molecule has 0 aliphatic carbocycles. The van der Waals surface area contributed by atoms with E-state index in [1.165, 1.54) is 11.1 Å². The van der Waals surface area contributed by atoms with Crippen LogP contribution in [0.25, 0.3) is 0 Å². The Bertz CT molecular complexity index is 585. The summed E-state index contributed by atoms with van der Waals surface area (Å²) in [6.45, 7) is 6.30. The molecular formula is C18H21NO. The minimum atomic E-state index is 0.0296. The van der Waals surface area contributed by atoms with E-state index in [-0.39, 0.29) is 5.91 Å². The van der Waals surface area contributed by atoms with Gasteiger partial charge in [0.15, 0.2) is 0 Å². The van der Waals surface area contributed by atoms with Crippen LogP contribution in [0.2, 0.25) is 0 Å². The van der Waals surface area contributed by atoms with Gasteiger partial charge in [-0.25, -0.2) is 0 Å². The van der Waals surface area contributed by atoms with Gasteiger partial charge in [0.1, 0.15) is 0 Å². The Labute approximate surface area is 120 Å². The Morgan fingerprint density at radius 3 is 2.35 bits per heavy atom. The number of hydrogen-bond acceptors (Lipinski definition) is 1. The molecular weight excluding hydrogens is 246 g/mol. The summed E-state index contributed by atoms with van der Waals surface area (Å²) >= 11 is 0. The van der Waals surface area contributed by atoms with Crippen LogP contribution in [-0.2, 0) is 11.2 Å². The number of hydrogen-bond donors (Lipinski definition) is 1. The number of para-hydroxylation sites is 1. The van der Waals surface area contributed by atoms with Crippen molar-refractivity contribution < 1.29 is 4.79 Å². The van der Waals surface area contributed by atoms with Gasteiger partial charge in [0, 0.05) is 5.69 Å². The average Bonchev–Trinajstić information content (AvgIpc) is 2.41. The predicted octanol–water partition coefficient (Wildman–Crippen LogP) is 4.30. The van der Waals surface area contributed by atoms with Gasteiger partial charge in [-0.3, -0.25) is 4.79 Å². The fourth-order valence-electron chi connectivity index (χ4n) is 2.20. The molecule has 0 heterocycles. The number of carbonyl (C=O) groups excluding carboxylic acids is 1. The lowest BCUT2D eigenvalue weighted by atomic mass is 10.0. The van der Waals surface area contributed by atoms with E-state index < -0.39 is 0 Å². The molecule has 0 bridgehead atoms. The highest BCUT2D eigenvalue weighted by Crippen LogP contribution is 2.23. The van der Waals surface area contributed by atoms with Crippen molar-refractivity contribution in [1.82, 2.24) is 0 Å². The van der Waals surface area contributed by atoms with Crippen molar-refractivity contribution in [3.63, 3.8) is 0 Å². The van der Waals surface area contributed by atoms with Crippen molar-refractivity contribution in [2.45, 2.75) is 33.1 Å². The van der Waals surface area contributed by atoms with Crippen LogP contribution in [-0.4, -0.2) is 5.91 Å². The fourth-order valence-corrected chi connectivity index (χ4v) is 2.20. The lowest BCUT2D eigenvalue weighted by molar-refractivity contribution is -0.115. The number of rotatable bonds is 4. The van der Waals surface area contributed by atoms with Gasteiger partial charge in [-0.1, -0.05) is 61.9 Å². The number of amides is 1. The molecule has 0 aliphatic heterocycles. The summed E-state index contributed by atoms with van der Waals surface area (Å²) in [5.74, 6) is 0.424. The molecule has 0 aliphatic rings. The maximum absolute atomic E-state index is 12.1. The van der Waals surface area contributed by atoms with Crippen molar-refractivity contribution >= 4 is 11.6 Å². The number of carbonyl (C=O) groups is 1. The number of benzene rings is 2. The van der Waals surface area contributed by atoms with E-state index in [0.29, 0.717) is 12.3 Å². The van der Waals surface area contributed by atoms with Gasteiger partial charge >= 0.3 is 0 Å². The second kappa shape index (κ2) is 6.38. The largest absolute Gasteiger partial charge is 0.326 e. The molecule has 2 aromatic carbocycles. The number of nitrogens with one attached hydrogen (secondary N) is 1. The number of anilines is 1. The molecule has 0 aromatic heterocycles. The van der Waals surface area contributed by atoms with E-state index in [1.54, 1.807) is 0 Å². The van der Waals surface area contributed by atoms with Crippen molar-refractivity contribution in [2.75, 3.05) is 5.32 Å². The Hall–Kier alpha value is -2.09. The Kier molecular flexibility index (Phi) is 4.57. The smallest absolute Gasteiger partial charge is 0.228 e. The molecule has 2 aromatic rings. The fraction of sp³-hybridized carbons (Fsp3) is 0.278. The zero-order valence-corrected chi connectivity index (χ0v) is 12.3. The second-order valence-corrected chi connectivity index (χ2v) is 5.45. The second-order valence-electron chi connectivity index (χ2n) is 5.45. The van der Waals surface area contributed by atoms with E-state index in [2.05, 4.69) is 25.2 Å². The van der Waals surface area contributed by atoms with Gasteiger partial charge in [0.2, 0.25) is 5.91 Å². The first kappa shape index (κ1) is 14.3. The molecule has 1 N–H and O–H groups in total. The van der Waals surface area contributed by atoms with E-state index in [9.17, 15) is 4.79 Å². The maximum atomic E-state index is 12.1. The minimum absolute atomic E-state index is 0.0296. The minimum Gasteiger partial charge on any atom is -0.326 e. The predicted molar refractivity (Wildman–Crippen MR) is 84.0 cm³/mol. The first-order chi connectivity index (χ1) is 9.56. The molecule has 0 radical (unpaired) electrons. The molecule has 2 nitrogen and oxygen atoms in total. The van der Waals surface area contributed by atoms with Crippen molar-refractivity contribution in [2.24, 2.45) is 0 Å². The summed E-state index contributed by atoms with van der Waals surface area (Å²) < 4.78 is 0. The summed E-state index contributed by atoms with van der Waals surface area (Å²) in [7, 11) is 0. The van der Waals surface area contributed by atoms with Crippen LogP contribution in [0.1, 0.15) is 36.5 Å². The first-order valence-corrected chi connectivity index (χ1v) is 7.00. The van der Waals surface area contributed by atoms with Gasteiger partial charge in [-0.15, -0.1) is 0 Å².